The van der Waals surface area contributed by atoms with E-state index in [4.69, 9.17) is 6.42 Å². The second-order valence-electron chi connectivity index (χ2n) is 3.29. The summed E-state index contributed by atoms with van der Waals surface area (Å²) in [6.07, 6.45) is 9.22. The molecule has 1 atom stereocenters. The van der Waals surface area contributed by atoms with Gasteiger partial charge in [-0.05, 0) is 12.0 Å². The van der Waals surface area contributed by atoms with Crippen LogP contribution in [0, 0.1) is 12.3 Å². The minimum absolute atomic E-state index is 0.00195. The second kappa shape index (κ2) is 6.47. The third kappa shape index (κ3) is 3.62. The SMILES string of the molecule is C#C[C@@H](C/C=C/C(=O)OC)c1ccccc1. The van der Waals surface area contributed by atoms with Crippen LogP contribution in [0.3, 0.4) is 0 Å². The van der Waals surface area contributed by atoms with E-state index in [0.29, 0.717) is 6.42 Å². The Morgan fingerprint density at radius 3 is 2.75 bits per heavy atom. The summed E-state index contributed by atoms with van der Waals surface area (Å²) >= 11 is 0. The van der Waals surface area contributed by atoms with E-state index < -0.39 is 0 Å². The Labute approximate surface area is 95.9 Å². The molecule has 0 aliphatic heterocycles. The lowest BCUT2D eigenvalue weighted by molar-refractivity contribution is -0.134. The minimum Gasteiger partial charge on any atom is -0.466 e. The molecular formula is C14H14O2. The Kier molecular flexibility index (Phi) is 4.88. The van der Waals surface area contributed by atoms with Crippen LogP contribution in [0.5, 0.6) is 0 Å². The Balaban J connectivity index is 2.61. The van der Waals surface area contributed by atoms with E-state index in [1.807, 2.05) is 30.3 Å². The van der Waals surface area contributed by atoms with Crippen molar-refractivity contribution in [2.75, 3.05) is 7.11 Å². The fourth-order valence-corrected chi connectivity index (χ4v) is 1.35. The number of carbonyl (C=O) groups is 1. The number of terminal acetylenes is 1. The zero-order chi connectivity index (χ0) is 11.8. The van der Waals surface area contributed by atoms with E-state index in [1.54, 1.807) is 6.08 Å². The molecule has 82 valence electrons. The van der Waals surface area contributed by atoms with Gasteiger partial charge < -0.3 is 4.74 Å². The molecule has 0 spiro atoms. The lowest BCUT2D eigenvalue weighted by atomic mass is 9.96. The van der Waals surface area contributed by atoms with E-state index in [9.17, 15) is 4.79 Å². The van der Waals surface area contributed by atoms with Crippen molar-refractivity contribution in [1.29, 1.82) is 0 Å². The summed E-state index contributed by atoms with van der Waals surface area (Å²) in [6, 6.07) is 9.81. The molecule has 0 N–H and O–H groups in total. The molecule has 0 amide bonds. The summed E-state index contributed by atoms with van der Waals surface area (Å²) in [4.78, 5) is 10.9. The third-order valence-electron chi connectivity index (χ3n) is 2.23. The Hall–Kier alpha value is -2.01. The van der Waals surface area contributed by atoms with Crippen LogP contribution in [0.15, 0.2) is 42.5 Å². The van der Waals surface area contributed by atoms with Crippen LogP contribution in [0.2, 0.25) is 0 Å². The van der Waals surface area contributed by atoms with Crippen LogP contribution in [0.25, 0.3) is 0 Å². The number of carbonyl (C=O) groups excluding carboxylic acids is 1. The van der Waals surface area contributed by atoms with Gasteiger partial charge in [-0.2, -0.15) is 0 Å². The number of ether oxygens (including phenoxy) is 1. The van der Waals surface area contributed by atoms with Gasteiger partial charge in [0.25, 0.3) is 0 Å². The Morgan fingerprint density at radius 2 is 2.19 bits per heavy atom. The van der Waals surface area contributed by atoms with E-state index >= 15 is 0 Å². The Bertz CT molecular complexity index is 398. The molecule has 16 heavy (non-hydrogen) atoms. The van der Waals surface area contributed by atoms with Gasteiger partial charge in [0.15, 0.2) is 0 Å². The second-order valence-corrected chi connectivity index (χ2v) is 3.29. The zero-order valence-corrected chi connectivity index (χ0v) is 9.22. The average Bonchev–Trinajstić information content (AvgIpc) is 2.35. The lowest BCUT2D eigenvalue weighted by Gasteiger charge is -2.07. The van der Waals surface area contributed by atoms with Crippen LogP contribution >= 0.6 is 0 Å². The van der Waals surface area contributed by atoms with E-state index in [0.717, 1.165) is 5.56 Å². The third-order valence-corrected chi connectivity index (χ3v) is 2.23. The largest absolute Gasteiger partial charge is 0.466 e. The minimum atomic E-state index is -0.358. The molecule has 0 radical (unpaired) electrons. The fourth-order valence-electron chi connectivity index (χ4n) is 1.35. The van der Waals surface area contributed by atoms with Crippen molar-refractivity contribution >= 4 is 5.97 Å². The number of hydrogen-bond donors (Lipinski definition) is 0. The van der Waals surface area contributed by atoms with Crippen molar-refractivity contribution in [1.82, 2.24) is 0 Å². The fraction of sp³-hybridized carbons (Fsp3) is 0.214. The maximum Gasteiger partial charge on any atom is 0.330 e. The molecule has 0 saturated heterocycles. The van der Waals surface area contributed by atoms with Gasteiger partial charge in [-0.25, -0.2) is 4.79 Å². The number of benzene rings is 1. The number of rotatable bonds is 4. The molecule has 0 unspecified atom stereocenters. The molecule has 2 heteroatoms. The predicted molar refractivity (Wildman–Crippen MR) is 63.8 cm³/mol. The first-order valence-corrected chi connectivity index (χ1v) is 5.03. The van der Waals surface area contributed by atoms with Crippen LogP contribution < -0.4 is 0 Å². The van der Waals surface area contributed by atoms with Gasteiger partial charge in [0.1, 0.15) is 0 Å². The van der Waals surface area contributed by atoms with Crippen LogP contribution in [-0.2, 0) is 9.53 Å². The topological polar surface area (TPSA) is 26.3 Å². The molecule has 0 aliphatic rings. The summed E-state index contributed by atoms with van der Waals surface area (Å²) in [6.45, 7) is 0. The van der Waals surface area contributed by atoms with Crippen molar-refractivity contribution in [2.24, 2.45) is 0 Å². The van der Waals surface area contributed by atoms with Gasteiger partial charge in [0.2, 0.25) is 0 Å². The van der Waals surface area contributed by atoms with Crippen molar-refractivity contribution < 1.29 is 9.53 Å². The first-order valence-electron chi connectivity index (χ1n) is 5.03. The summed E-state index contributed by atoms with van der Waals surface area (Å²) < 4.78 is 4.49. The summed E-state index contributed by atoms with van der Waals surface area (Å²) in [7, 11) is 1.35. The number of hydrogen-bond acceptors (Lipinski definition) is 2. The van der Waals surface area contributed by atoms with Gasteiger partial charge in [0, 0.05) is 12.0 Å². The summed E-state index contributed by atoms with van der Waals surface area (Å²) in [5.74, 6) is 2.35. The first kappa shape index (κ1) is 12.1. The maximum atomic E-state index is 10.9. The van der Waals surface area contributed by atoms with E-state index in [1.165, 1.54) is 13.2 Å². The maximum absolute atomic E-state index is 10.9. The average molecular weight is 214 g/mol. The molecule has 2 nitrogen and oxygen atoms in total. The van der Waals surface area contributed by atoms with E-state index in [-0.39, 0.29) is 11.9 Å². The standard InChI is InChI=1S/C14H14O2/c1-3-12(10-7-11-14(15)16-2)13-8-5-4-6-9-13/h1,4-9,11-12H,10H2,2H3/b11-7+/t12-/m0/s1. The van der Waals surface area contributed by atoms with Gasteiger partial charge in [-0.15, -0.1) is 6.42 Å². The first-order chi connectivity index (χ1) is 7.77. The van der Waals surface area contributed by atoms with Crippen molar-refractivity contribution in [2.45, 2.75) is 12.3 Å². The molecular weight excluding hydrogens is 200 g/mol. The van der Waals surface area contributed by atoms with Crippen molar-refractivity contribution in [3.63, 3.8) is 0 Å². The summed E-state index contributed by atoms with van der Waals surface area (Å²) in [5, 5.41) is 0. The van der Waals surface area contributed by atoms with Gasteiger partial charge in [-0.1, -0.05) is 42.3 Å². The molecule has 1 rings (SSSR count). The highest BCUT2D eigenvalue weighted by Crippen LogP contribution is 2.18. The van der Waals surface area contributed by atoms with Crippen molar-refractivity contribution in [3.05, 3.63) is 48.0 Å². The highest BCUT2D eigenvalue weighted by atomic mass is 16.5. The number of methoxy groups -OCH3 is 1. The predicted octanol–water partition coefficient (Wildman–Crippen LogP) is 2.52. The molecule has 0 heterocycles. The quantitative estimate of drug-likeness (QED) is 0.437. The monoisotopic (exact) mass is 214 g/mol. The molecule has 0 aromatic heterocycles. The van der Waals surface area contributed by atoms with Gasteiger partial charge in [0.05, 0.1) is 7.11 Å². The molecule has 1 aromatic carbocycles. The molecule has 0 aliphatic carbocycles. The number of allylic oxidation sites excluding steroid dienone is 1. The van der Waals surface area contributed by atoms with E-state index in [2.05, 4.69) is 10.7 Å². The normalized spacial score (nSPS) is 12.0. The van der Waals surface area contributed by atoms with Crippen LogP contribution in [0.4, 0.5) is 0 Å². The van der Waals surface area contributed by atoms with Gasteiger partial charge >= 0.3 is 5.97 Å². The summed E-state index contributed by atoms with van der Waals surface area (Å²) in [5.41, 5.74) is 1.08. The highest BCUT2D eigenvalue weighted by Gasteiger charge is 2.05. The number of esters is 1. The van der Waals surface area contributed by atoms with Gasteiger partial charge in [-0.3, -0.25) is 0 Å². The van der Waals surface area contributed by atoms with Crippen molar-refractivity contribution in [3.8, 4) is 12.3 Å². The molecule has 1 aromatic rings. The molecule has 0 bridgehead atoms. The molecule has 0 saturated carbocycles. The Morgan fingerprint density at radius 1 is 1.50 bits per heavy atom. The smallest absolute Gasteiger partial charge is 0.330 e. The lowest BCUT2D eigenvalue weighted by Crippen LogP contribution is -1.96. The van der Waals surface area contributed by atoms with Crippen LogP contribution in [0.1, 0.15) is 17.9 Å². The highest BCUT2D eigenvalue weighted by molar-refractivity contribution is 5.81. The van der Waals surface area contributed by atoms with Crippen LogP contribution in [-0.4, -0.2) is 13.1 Å². The molecule has 0 fully saturated rings. The zero-order valence-electron chi connectivity index (χ0n) is 9.22.